The van der Waals surface area contributed by atoms with Crippen LogP contribution < -0.4 is 10.6 Å². The number of carbonyl (C=O) groups excluding carboxylic acids is 2. The summed E-state index contributed by atoms with van der Waals surface area (Å²) < 4.78 is 4.95. The molecule has 1 aromatic rings. The highest BCUT2D eigenvalue weighted by atomic mass is 16.4. The van der Waals surface area contributed by atoms with Crippen molar-refractivity contribution in [3.8, 4) is 0 Å². The van der Waals surface area contributed by atoms with Gasteiger partial charge in [0.05, 0.1) is 6.54 Å². The van der Waals surface area contributed by atoms with Gasteiger partial charge in [0, 0.05) is 6.92 Å². The molecular formula is C11H14N2O5. The van der Waals surface area contributed by atoms with E-state index in [4.69, 9.17) is 9.52 Å². The van der Waals surface area contributed by atoms with Crippen molar-refractivity contribution >= 4 is 17.8 Å². The number of hydrogen-bond acceptors (Lipinski definition) is 4. The van der Waals surface area contributed by atoms with Crippen molar-refractivity contribution in [3.05, 3.63) is 23.7 Å². The maximum atomic E-state index is 11.5. The molecule has 1 rings (SSSR count). The van der Waals surface area contributed by atoms with Gasteiger partial charge >= 0.3 is 5.97 Å². The quantitative estimate of drug-likeness (QED) is 0.691. The second-order valence-electron chi connectivity index (χ2n) is 3.71. The minimum atomic E-state index is -1.17. The molecule has 0 radical (unpaired) electrons. The zero-order valence-corrected chi connectivity index (χ0v) is 10.0. The highest BCUT2D eigenvalue weighted by Crippen LogP contribution is 2.07. The predicted molar refractivity (Wildman–Crippen MR) is 60.8 cm³/mol. The lowest BCUT2D eigenvalue weighted by Crippen LogP contribution is -2.43. The third-order valence-corrected chi connectivity index (χ3v) is 2.12. The number of amides is 2. The molecule has 0 saturated heterocycles. The molecule has 0 aromatic carbocycles. The second kappa shape index (κ2) is 5.85. The molecule has 7 nitrogen and oxygen atoms in total. The second-order valence-corrected chi connectivity index (χ2v) is 3.71. The van der Waals surface area contributed by atoms with Crippen LogP contribution in [0, 0.1) is 0 Å². The number of carboxylic acid groups (broad SMARTS) is 1. The normalized spacial score (nSPS) is 11.7. The van der Waals surface area contributed by atoms with Crippen LogP contribution >= 0.6 is 0 Å². The van der Waals surface area contributed by atoms with E-state index in [1.807, 2.05) is 0 Å². The van der Waals surface area contributed by atoms with Gasteiger partial charge in [0.1, 0.15) is 11.8 Å². The largest absolute Gasteiger partial charge is 0.475 e. The molecular weight excluding hydrogens is 240 g/mol. The van der Waals surface area contributed by atoms with E-state index in [-0.39, 0.29) is 24.1 Å². The highest BCUT2D eigenvalue weighted by Gasteiger charge is 2.14. The zero-order chi connectivity index (χ0) is 13.7. The van der Waals surface area contributed by atoms with Gasteiger partial charge in [-0.1, -0.05) is 0 Å². The predicted octanol–water partition coefficient (Wildman–Crippen LogP) is 0.119. The summed E-state index contributed by atoms with van der Waals surface area (Å²) >= 11 is 0. The van der Waals surface area contributed by atoms with Crippen molar-refractivity contribution in [2.45, 2.75) is 26.4 Å². The van der Waals surface area contributed by atoms with E-state index >= 15 is 0 Å². The minimum Gasteiger partial charge on any atom is -0.475 e. The number of nitrogens with one attached hydrogen (secondary N) is 2. The third kappa shape index (κ3) is 3.93. The van der Waals surface area contributed by atoms with Gasteiger partial charge in [-0.15, -0.1) is 0 Å². The van der Waals surface area contributed by atoms with Crippen molar-refractivity contribution in [1.29, 1.82) is 0 Å². The Balaban J connectivity index is 2.46. The van der Waals surface area contributed by atoms with Crippen LogP contribution in [0.25, 0.3) is 0 Å². The lowest BCUT2D eigenvalue weighted by molar-refractivity contribution is -0.127. The van der Waals surface area contributed by atoms with E-state index in [0.29, 0.717) is 5.76 Å². The van der Waals surface area contributed by atoms with Crippen LogP contribution in [0.2, 0.25) is 0 Å². The smallest absolute Gasteiger partial charge is 0.371 e. The summed E-state index contributed by atoms with van der Waals surface area (Å²) in [6.45, 7) is 2.92. The molecule has 18 heavy (non-hydrogen) atoms. The summed E-state index contributed by atoms with van der Waals surface area (Å²) in [5, 5.41) is 13.6. The lowest BCUT2D eigenvalue weighted by Gasteiger charge is -2.11. The first-order valence-electron chi connectivity index (χ1n) is 5.27. The van der Waals surface area contributed by atoms with Crippen LogP contribution in [-0.2, 0) is 16.1 Å². The molecule has 2 amide bonds. The van der Waals surface area contributed by atoms with Crippen molar-refractivity contribution < 1.29 is 23.9 Å². The molecule has 0 spiro atoms. The van der Waals surface area contributed by atoms with Crippen LogP contribution in [-0.4, -0.2) is 28.9 Å². The molecule has 0 fully saturated rings. The summed E-state index contributed by atoms with van der Waals surface area (Å²) in [7, 11) is 0. The molecule has 0 bridgehead atoms. The van der Waals surface area contributed by atoms with Gasteiger partial charge in [-0.25, -0.2) is 4.79 Å². The maximum Gasteiger partial charge on any atom is 0.371 e. The Morgan fingerprint density at radius 2 is 2.06 bits per heavy atom. The monoisotopic (exact) mass is 254 g/mol. The summed E-state index contributed by atoms with van der Waals surface area (Å²) in [6.07, 6.45) is 0. The molecule has 1 unspecified atom stereocenters. The minimum absolute atomic E-state index is 0.0655. The molecule has 3 N–H and O–H groups in total. The fraction of sp³-hybridized carbons (Fsp3) is 0.364. The van der Waals surface area contributed by atoms with Gasteiger partial charge in [-0.05, 0) is 19.1 Å². The number of rotatable bonds is 5. The van der Waals surface area contributed by atoms with E-state index in [0.717, 1.165) is 0 Å². The third-order valence-electron chi connectivity index (χ3n) is 2.12. The summed E-state index contributed by atoms with van der Waals surface area (Å²) in [5.41, 5.74) is 0. The highest BCUT2D eigenvalue weighted by molar-refractivity contribution is 5.86. The van der Waals surface area contributed by atoms with Gasteiger partial charge in [0.25, 0.3) is 0 Å². The number of hydrogen-bond donors (Lipinski definition) is 3. The Bertz CT molecular complexity index is 466. The number of aromatic carboxylic acids is 1. The summed E-state index contributed by atoms with van der Waals surface area (Å²) in [6, 6.07) is 2.12. The molecule has 0 aliphatic heterocycles. The van der Waals surface area contributed by atoms with Crippen LogP contribution in [0.4, 0.5) is 0 Å². The Morgan fingerprint density at radius 3 is 2.56 bits per heavy atom. The molecule has 7 heteroatoms. The van der Waals surface area contributed by atoms with Crippen LogP contribution in [0.15, 0.2) is 16.5 Å². The topological polar surface area (TPSA) is 109 Å². The molecule has 0 aliphatic rings. The molecule has 1 heterocycles. The number of carboxylic acids is 1. The van der Waals surface area contributed by atoms with E-state index in [1.54, 1.807) is 6.92 Å². The van der Waals surface area contributed by atoms with Gasteiger partial charge in [-0.2, -0.15) is 0 Å². The van der Waals surface area contributed by atoms with Crippen molar-refractivity contribution in [2.75, 3.05) is 0 Å². The van der Waals surface area contributed by atoms with Crippen LogP contribution in [0.5, 0.6) is 0 Å². The average molecular weight is 254 g/mol. The van der Waals surface area contributed by atoms with Gasteiger partial charge < -0.3 is 20.2 Å². The van der Waals surface area contributed by atoms with Gasteiger partial charge in [0.2, 0.25) is 17.6 Å². The maximum absolute atomic E-state index is 11.5. The van der Waals surface area contributed by atoms with E-state index in [9.17, 15) is 14.4 Å². The lowest BCUT2D eigenvalue weighted by atomic mass is 10.3. The Hall–Kier alpha value is -2.31. The standard InChI is InChI=1S/C11H14N2O5/c1-6(13-7(2)14)10(15)12-5-8-3-4-9(18-8)11(16)17/h3-4,6H,5H2,1-2H3,(H,12,15)(H,13,14)(H,16,17). The van der Waals surface area contributed by atoms with Crippen molar-refractivity contribution in [2.24, 2.45) is 0 Å². The van der Waals surface area contributed by atoms with E-state index < -0.39 is 12.0 Å². The van der Waals surface area contributed by atoms with Crippen LogP contribution in [0.1, 0.15) is 30.2 Å². The first-order chi connectivity index (χ1) is 8.40. The van der Waals surface area contributed by atoms with Gasteiger partial charge in [-0.3, -0.25) is 9.59 Å². The van der Waals surface area contributed by atoms with Crippen molar-refractivity contribution in [1.82, 2.24) is 10.6 Å². The SMILES string of the molecule is CC(=O)NC(C)C(=O)NCc1ccc(C(=O)O)o1. The summed E-state index contributed by atoms with van der Waals surface area (Å²) in [4.78, 5) is 32.8. The molecule has 1 aromatic heterocycles. The van der Waals surface area contributed by atoms with E-state index in [1.165, 1.54) is 19.1 Å². The molecule has 98 valence electrons. The average Bonchev–Trinajstić information content (AvgIpc) is 2.73. The number of furan rings is 1. The van der Waals surface area contributed by atoms with E-state index in [2.05, 4.69) is 10.6 Å². The zero-order valence-electron chi connectivity index (χ0n) is 10.0. The molecule has 1 atom stereocenters. The molecule has 0 aliphatic carbocycles. The fourth-order valence-corrected chi connectivity index (χ4v) is 1.29. The fourth-order valence-electron chi connectivity index (χ4n) is 1.29. The van der Waals surface area contributed by atoms with Crippen LogP contribution in [0.3, 0.4) is 0 Å². The first-order valence-corrected chi connectivity index (χ1v) is 5.27. The first kappa shape index (κ1) is 13.8. The van der Waals surface area contributed by atoms with Gasteiger partial charge in [0.15, 0.2) is 0 Å². The Kier molecular flexibility index (Phi) is 4.47. The Labute approximate surface area is 103 Å². The summed E-state index contributed by atoms with van der Waals surface area (Å²) in [5.74, 6) is -1.70. The number of carbonyl (C=O) groups is 3. The Morgan fingerprint density at radius 1 is 1.39 bits per heavy atom. The molecule has 0 saturated carbocycles. The van der Waals surface area contributed by atoms with Crippen molar-refractivity contribution in [3.63, 3.8) is 0 Å².